The summed E-state index contributed by atoms with van der Waals surface area (Å²) in [4.78, 5) is 12.6. The Balaban J connectivity index is 1.60. The van der Waals surface area contributed by atoms with Crippen LogP contribution in [0.1, 0.15) is 40.0 Å². The Morgan fingerprint density at radius 3 is 2.85 bits per heavy atom. The van der Waals surface area contributed by atoms with Gasteiger partial charge in [0.15, 0.2) is 0 Å². The lowest BCUT2D eigenvalue weighted by Crippen LogP contribution is -2.46. The van der Waals surface area contributed by atoms with Gasteiger partial charge in [-0.2, -0.15) is 0 Å². The van der Waals surface area contributed by atoms with Crippen molar-refractivity contribution in [3.8, 4) is 11.5 Å². The first-order valence-electron chi connectivity index (χ1n) is 9.01. The fourth-order valence-corrected chi connectivity index (χ4v) is 4.44. The van der Waals surface area contributed by atoms with Gasteiger partial charge in [-0.15, -0.1) is 10.2 Å². The van der Waals surface area contributed by atoms with Gasteiger partial charge < -0.3 is 9.73 Å². The summed E-state index contributed by atoms with van der Waals surface area (Å²) in [5.74, 6) is 1.64. The van der Waals surface area contributed by atoms with Crippen molar-refractivity contribution < 1.29 is 9.21 Å². The van der Waals surface area contributed by atoms with Gasteiger partial charge in [0.25, 0.3) is 5.22 Å². The number of aromatic nitrogens is 2. The van der Waals surface area contributed by atoms with E-state index < -0.39 is 0 Å². The molecule has 2 aromatic rings. The number of benzene rings is 1. The van der Waals surface area contributed by atoms with E-state index in [2.05, 4.69) is 45.3 Å². The normalized spacial score (nSPS) is 24.2. The van der Waals surface area contributed by atoms with E-state index in [0.717, 1.165) is 16.5 Å². The second kappa shape index (κ2) is 8.57. The zero-order valence-corrected chi connectivity index (χ0v) is 17.6. The molecule has 0 aliphatic heterocycles. The van der Waals surface area contributed by atoms with Gasteiger partial charge in [-0.1, -0.05) is 50.6 Å². The van der Waals surface area contributed by atoms with Crippen molar-refractivity contribution in [3.63, 3.8) is 0 Å². The first kappa shape index (κ1) is 19.4. The maximum Gasteiger partial charge on any atom is 0.277 e. The molecule has 3 rings (SSSR count). The Morgan fingerprint density at radius 1 is 1.31 bits per heavy atom. The molecular weight excluding hydrogens is 414 g/mol. The van der Waals surface area contributed by atoms with Gasteiger partial charge >= 0.3 is 0 Å². The molecule has 0 spiro atoms. The Labute approximate surface area is 166 Å². The topological polar surface area (TPSA) is 68.0 Å². The van der Waals surface area contributed by atoms with Crippen molar-refractivity contribution in [1.82, 2.24) is 15.5 Å². The zero-order valence-electron chi connectivity index (χ0n) is 15.2. The number of amides is 1. The summed E-state index contributed by atoms with van der Waals surface area (Å²) in [6.45, 7) is 6.37. The first-order valence-corrected chi connectivity index (χ1v) is 10.7. The molecule has 1 fully saturated rings. The number of hydrogen-bond acceptors (Lipinski definition) is 5. The number of carbonyl (C=O) groups is 1. The Hall–Kier alpha value is -1.34. The molecule has 1 N–H and O–H groups in total. The molecule has 0 radical (unpaired) electrons. The average molecular weight is 438 g/mol. The first-order chi connectivity index (χ1) is 12.5. The third-order valence-electron chi connectivity index (χ3n) is 5.19. The van der Waals surface area contributed by atoms with Crippen LogP contribution >= 0.6 is 27.7 Å². The van der Waals surface area contributed by atoms with Gasteiger partial charge in [0.2, 0.25) is 11.8 Å². The second-order valence-corrected chi connectivity index (χ2v) is 9.14. The highest BCUT2D eigenvalue weighted by atomic mass is 79.9. The molecule has 7 heteroatoms. The molecule has 0 saturated heterocycles. The number of thioether (sulfide) groups is 1. The zero-order chi connectivity index (χ0) is 18.7. The van der Waals surface area contributed by atoms with Crippen molar-refractivity contribution >= 4 is 33.6 Å². The van der Waals surface area contributed by atoms with Crippen LogP contribution in [0.25, 0.3) is 11.5 Å². The van der Waals surface area contributed by atoms with Crippen LogP contribution in [0.2, 0.25) is 0 Å². The van der Waals surface area contributed by atoms with Gasteiger partial charge in [0.05, 0.1) is 10.8 Å². The largest absolute Gasteiger partial charge is 0.411 e. The molecular formula is C19H24BrN3O2S. The van der Waals surface area contributed by atoms with Gasteiger partial charge in [-0.25, -0.2) is 0 Å². The van der Waals surface area contributed by atoms with Crippen LogP contribution in [0, 0.1) is 11.8 Å². The minimum absolute atomic E-state index is 0.0293. The average Bonchev–Trinajstić information content (AvgIpc) is 3.07. The van der Waals surface area contributed by atoms with E-state index in [4.69, 9.17) is 4.42 Å². The Morgan fingerprint density at radius 2 is 2.08 bits per heavy atom. The lowest BCUT2D eigenvalue weighted by molar-refractivity contribution is -0.121. The van der Waals surface area contributed by atoms with Gasteiger partial charge in [0.1, 0.15) is 0 Å². The molecule has 1 aromatic carbocycles. The van der Waals surface area contributed by atoms with Crippen molar-refractivity contribution in [2.24, 2.45) is 11.8 Å². The molecule has 4 atom stereocenters. The highest BCUT2D eigenvalue weighted by Gasteiger charge is 2.30. The second-order valence-electron chi connectivity index (χ2n) is 7.00. The molecule has 140 valence electrons. The molecule has 1 saturated carbocycles. The van der Waals surface area contributed by atoms with Crippen molar-refractivity contribution in [1.29, 1.82) is 0 Å². The van der Waals surface area contributed by atoms with E-state index in [1.165, 1.54) is 24.6 Å². The number of hydrogen-bond donors (Lipinski definition) is 1. The monoisotopic (exact) mass is 437 g/mol. The van der Waals surface area contributed by atoms with Crippen LogP contribution in [0.5, 0.6) is 0 Å². The van der Waals surface area contributed by atoms with E-state index >= 15 is 0 Å². The summed E-state index contributed by atoms with van der Waals surface area (Å²) in [5.41, 5.74) is 0.842. The molecule has 0 unspecified atom stereocenters. The van der Waals surface area contributed by atoms with E-state index in [-0.39, 0.29) is 17.2 Å². The molecule has 5 nitrogen and oxygen atoms in total. The number of nitrogens with one attached hydrogen (secondary N) is 1. The van der Waals surface area contributed by atoms with Crippen LogP contribution in [0.3, 0.4) is 0 Å². The summed E-state index contributed by atoms with van der Waals surface area (Å²) in [5, 5.41) is 11.5. The summed E-state index contributed by atoms with van der Waals surface area (Å²) in [6.07, 6.45) is 3.48. The standard InChI is InChI=1S/C19H24BrN3O2S/c1-11-7-6-10-16(12(11)2)21-17(24)13(3)26-19-23-22-18(25-19)14-8-4-5-9-15(14)20/h4-5,8-9,11-13,16H,6-7,10H2,1-3H3,(H,21,24)/t11-,12+,13+,16-/m1/s1. The molecule has 1 aliphatic carbocycles. The minimum Gasteiger partial charge on any atom is -0.411 e. The SMILES string of the molecule is C[C@H]1[C@H](C)CCC[C@H]1NC(=O)[C@H](C)Sc1nnc(-c2ccccc2Br)o1. The summed E-state index contributed by atoms with van der Waals surface area (Å²) >= 11 is 4.78. The van der Waals surface area contributed by atoms with Crippen LogP contribution in [0.4, 0.5) is 0 Å². The predicted molar refractivity (Wildman–Crippen MR) is 107 cm³/mol. The number of halogens is 1. The van der Waals surface area contributed by atoms with E-state index in [1.54, 1.807) is 0 Å². The highest BCUT2D eigenvalue weighted by Crippen LogP contribution is 2.32. The van der Waals surface area contributed by atoms with Crippen LogP contribution in [-0.2, 0) is 4.79 Å². The fourth-order valence-electron chi connectivity index (χ4n) is 3.29. The highest BCUT2D eigenvalue weighted by molar-refractivity contribution is 9.10. The smallest absolute Gasteiger partial charge is 0.277 e. The quantitative estimate of drug-likeness (QED) is 0.672. The van der Waals surface area contributed by atoms with Gasteiger partial charge in [-0.05, 0) is 53.2 Å². The van der Waals surface area contributed by atoms with E-state index in [0.29, 0.717) is 22.9 Å². The van der Waals surface area contributed by atoms with E-state index in [9.17, 15) is 4.79 Å². The van der Waals surface area contributed by atoms with Crippen LogP contribution in [-0.4, -0.2) is 27.4 Å². The number of nitrogens with zero attached hydrogens (tertiary/aromatic N) is 2. The minimum atomic E-state index is -0.285. The molecule has 26 heavy (non-hydrogen) atoms. The molecule has 1 amide bonds. The van der Waals surface area contributed by atoms with E-state index in [1.807, 2.05) is 31.2 Å². The fraction of sp³-hybridized carbons (Fsp3) is 0.526. The molecule has 0 bridgehead atoms. The molecule has 1 aromatic heterocycles. The summed E-state index contributed by atoms with van der Waals surface area (Å²) < 4.78 is 6.63. The molecule has 1 heterocycles. The van der Waals surface area contributed by atoms with Crippen molar-refractivity contribution in [2.75, 3.05) is 0 Å². The third-order valence-corrected chi connectivity index (χ3v) is 6.82. The Bertz CT molecular complexity index is 767. The lowest BCUT2D eigenvalue weighted by atomic mass is 9.78. The molecule has 1 aliphatic rings. The van der Waals surface area contributed by atoms with Crippen molar-refractivity contribution in [3.05, 3.63) is 28.7 Å². The number of rotatable bonds is 5. The maximum atomic E-state index is 12.6. The number of carbonyl (C=O) groups excluding carboxylic acids is 1. The van der Waals surface area contributed by atoms with Gasteiger partial charge in [0, 0.05) is 10.5 Å². The Kier molecular flexibility index (Phi) is 6.40. The van der Waals surface area contributed by atoms with Crippen LogP contribution < -0.4 is 5.32 Å². The predicted octanol–water partition coefficient (Wildman–Crippen LogP) is 4.92. The van der Waals surface area contributed by atoms with Crippen LogP contribution in [0.15, 0.2) is 38.4 Å². The summed E-state index contributed by atoms with van der Waals surface area (Å²) in [7, 11) is 0. The third kappa shape index (κ3) is 4.49. The maximum absolute atomic E-state index is 12.6. The van der Waals surface area contributed by atoms with Gasteiger partial charge in [-0.3, -0.25) is 4.79 Å². The summed E-state index contributed by atoms with van der Waals surface area (Å²) in [6, 6.07) is 7.94. The lowest BCUT2D eigenvalue weighted by Gasteiger charge is -2.35. The van der Waals surface area contributed by atoms with Crippen molar-refractivity contribution in [2.45, 2.75) is 56.5 Å².